The van der Waals surface area contributed by atoms with Crippen LogP contribution in [-0.2, 0) is 0 Å². The Balaban J connectivity index is 1.60. The van der Waals surface area contributed by atoms with E-state index in [9.17, 15) is 14.5 Å². The number of rotatable bonds is 8. The molecule has 0 saturated heterocycles. The summed E-state index contributed by atoms with van der Waals surface area (Å²) >= 11 is 0. The van der Waals surface area contributed by atoms with Crippen molar-refractivity contribution in [2.45, 2.75) is 13.8 Å². The first-order valence-electron chi connectivity index (χ1n) is 10.5. The second kappa shape index (κ2) is 10.3. The number of hydrazone groups is 1. The predicted molar refractivity (Wildman–Crippen MR) is 133 cm³/mol. The molecule has 0 spiro atoms. The minimum Gasteiger partial charge on any atom is -0.324 e. The van der Waals surface area contributed by atoms with E-state index in [2.05, 4.69) is 36.1 Å². The van der Waals surface area contributed by atoms with Crippen molar-refractivity contribution in [1.29, 1.82) is 0 Å². The number of hydrogen-bond donors (Lipinski definition) is 3. The molecule has 3 N–H and O–H groups in total. The van der Waals surface area contributed by atoms with Crippen LogP contribution < -0.4 is 16.1 Å². The zero-order valence-corrected chi connectivity index (χ0v) is 18.9. The number of nitrogens with zero attached hydrogens (tertiary/aromatic N) is 5. The lowest BCUT2D eigenvalue weighted by atomic mass is 10.1. The molecule has 0 unspecified atom stereocenters. The average molecular weight is 472 g/mol. The van der Waals surface area contributed by atoms with Gasteiger partial charge in [-0.05, 0) is 55.3 Å². The van der Waals surface area contributed by atoms with Crippen molar-refractivity contribution in [2.24, 2.45) is 5.10 Å². The van der Waals surface area contributed by atoms with Crippen molar-refractivity contribution >= 4 is 41.1 Å². The van der Waals surface area contributed by atoms with Crippen molar-refractivity contribution < 1.29 is 9.31 Å². The van der Waals surface area contributed by atoms with Gasteiger partial charge in [-0.1, -0.05) is 24.3 Å². The van der Waals surface area contributed by atoms with E-state index in [0.29, 0.717) is 11.3 Å². The molecule has 0 bridgehead atoms. The summed E-state index contributed by atoms with van der Waals surface area (Å²) in [5.74, 6) is 0.0923. The summed E-state index contributed by atoms with van der Waals surface area (Å²) in [4.78, 5) is 23.4. The summed E-state index contributed by atoms with van der Waals surface area (Å²) in [6.45, 7) is 4.02. The van der Waals surface area contributed by atoms with Gasteiger partial charge in [-0.3, -0.25) is 10.1 Å². The Kier molecular flexibility index (Phi) is 6.86. The van der Waals surface area contributed by atoms with Crippen LogP contribution in [0.25, 0.3) is 0 Å². The van der Waals surface area contributed by atoms with Crippen molar-refractivity contribution in [3.63, 3.8) is 0 Å². The second-order valence-corrected chi connectivity index (χ2v) is 7.55. The maximum Gasteiger partial charge on any atom is 0.269 e. The molecule has 35 heavy (non-hydrogen) atoms. The average Bonchev–Trinajstić information content (AvgIpc) is 2.83. The van der Waals surface area contributed by atoms with Gasteiger partial charge in [-0.15, -0.1) is 0 Å². The molecule has 0 amide bonds. The topological polar surface area (TPSA) is 130 Å². The monoisotopic (exact) mass is 472 g/mol. The van der Waals surface area contributed by atoms with Crippen molar-refractivity contribution in [3.8, 4) is 0 Å². The molecular weight excluding hydrogens is 451 g/mol. The molecule has 1 aromatic heterocycles. The zero-order valence-electron chi connectivity index (χ0n) is 18.9. The highest BCUT2D eigenvalue weighted by Gasteiger charge is 2.10. The van der Waals surface area contributed by atoms with Gasteiger partial charge in [0.2, 0.25) is 17.8 Å². The Morgan fingerprint density at radius 1 is 0.857 bits per heavy atom. The van der Waals surface area contributed by atoms with E-state index in [-0.39, 0.29) is 23.5 Å². The highest BCUT2D eigenvalue weighted by Crippen LogP contribution is 2.22. The molecule has 0 aliphatic carbocycles. The molecule has 0 radical (unpaired) electrons. The Bertz CT molecular complexity index is 1390. The highest BCUT2D eigenvalue weighted by atomic mass is 19.1. The van der Waals surface area contributed by atoms with Gasteiger partial charge in [0.1, 0.15) is 5.82 Å². The fraction of sp³-hybridized carbons (Fsp3) is 0.0833. The van der Waals surface area contributed by atoms with Crippen LogP contribution in [0.2, 0.25) is 0 Å². The third kappa shape index (κ3) is 6.11. The van der Waals surface area contributed by atoms with Gasteiger partial charge >= 0.3 is 0 Å². The summed E-state index contributed by atoms with van der Waals surface area (Å²) in [5, 5.41) is 21.1. The first-order chi connectivity index (χ1) is 16.9. The summed E-state index contributed by atoms with van der Waals surface area (Å²) in [7, 11) is 0. The van der Waals surface area contributed by atoms with Crippen LogP contribution in [0.3, 0.4) is 0 Å². The quantitative estimate of drug-likeness (QED) is 0.175. The number of benzene rings is 3. The fourth-order valence-electron chi connectivity index (χ4n) is 3.02. The fourth-order valence-corrected chi connectivity index (χ4v) is 3.02. The highest BCUT2D eigenvalue weighted by molar-refractivity contribution is 5.80. The van der Waals surface area contributed by atoms with E-state index in [4.69, 9.17) is 0 Å². The maximum absolute atomic E-state index is 13.8. The minimum atomic E-state index is -0.478. The van der Waals surface area contributed by atoms with Crippen LogP contribution >= 0.6 is 0 Å². The number of nitrogens with one attached hydrogen (secondary N) is 3. The molecule has 11 heteroatoms. The number of aryl methyl sites for hydroxylation is 2. The normalized spacial score (nSPS) is 10.8. The van der Waals surface area contributed by atoms with Crippen molar-refractivity contribution in [2.75, 3.05) is 16.1 Å². The molecule has 0 atom stereocenters. The van der Waals surface area contributed by atoms with Crippen molar-refractivity contribution in [3.05, 3.63) is 99.4 Å². The van der Waals surface area contributed by atoms with Gasteiger partial charge in [0.05, 0.1) is 11.1 Å². The Hall–Kier alpha value is -4.93. The van der Waals surface area contributed by atoms with E-state index >= 15 is 0 Å². The number of non-ortho nitro benzene ring substituents is 1. The van der Waals surface area contributed by atoms with Crippen LogP contribution in [0.1, 0.15) is 16.7 Å². The SMILES string of the molecule is Cc1ccc(Nc2nc(N/N=C/c3ccccc3F)nc(Nc3ccc([N+](=O)[O-])cc3)n2)cc1C. The van der Waals surface area contributed by atoms with Gasteiger partial charge in [0, 0.05) is 29.1 Å². The van der Waals surface area contributed by atoms with E-state index < -0.39 is 10.7 Å². The third-order valence-electron chi connectivity index (χ3n) is 5.01. The van der Waals surface area contributed by atoms with E-state index in [1.807, 2.05) is 32.0 Å². The number of nitro groups is 1. The Morgan fingerprint density at radius 3 is 2.14 bits per heavy atom. The lowest BCUT2D eigenvalue weighted by molar-refractivity contribution is -0.384. The second-order valence-electron chi connectivity index (χ2n) is 7.55. The molecular formula is C24H21FN8O2. The first-order valence-corrected chi connectivity index (χ1v) is 10.5. The largest absolute Gasteiger partial charge is 0.324 e. The number of halogens is 1. The molecule has 176 valence electrons. The molecule has 0 aliphatic heterocycles. The van der Waals surface area contributed by atoms with Crippen LogP contribution in [0.15, 0.2) is 71.8 Å². The molecule has 3 aromatic carbocycles. The van der Waals surface area contributed by atoms with Crippen molar-refractivity contribution in [1.82, 2.24) is 15.0 Å². The first kappa shape index (κ1) is 23.2. The third-order valence-corrected chi connectivity index (χ3v) is 5.01. The summed E-state index contributed by atoms with van der Waals surface area (Å²) < 4.78 is 13.8. The molecule has 4 rings (SSSR count). The summed E-state index contributed by atoms with van der Waals surface area (Å²) in [6.07, 6.45) is 1.32. The Morgan fingerprint density at radius 2 is 1.49 bits per heavy atom. The summed E-state index contributed by atoms with van der Waals surface area (Å²) in [6, 6.07) is 17.9. The van der Waals surface area contributed by atoms with E-state index in [0.717, 1.165) is 16.8 Å². The van der Waals surface area contributed by atoms with Gasteiger partial charge in [0.25, 0.3) is 5.69 Å². The van der Waals surface area contributed by atoms with E-state index in [1.54, 1.807) is 30.3 Å². The Labute approximate surface area is 200 Å². The summed E-state index contributed by atoms with van der Waals surface area (Å²) in [5.41, 5.74) is 6.52. The van der Waals surface area contributed by atoms with Crippen LogP contribution in [-0.4, -0.2) is 26.1 Å². The number of nitro benzene ring substituents is 1. The van der Waals surface area contributed by atoms with Crippen LogP contribution in [0, 0.1) is 29.8 Å². The smallest absolute Gasteiger partial charge is 0.269 e. The number of hydrogen-bond acceptors (Lipinski definition) is 9. The lowest BCUT2D eigenvalue weighted by Gasteiger charge is -2.11. The van der Waals surface area contributed by atoms with Crippen LogP contribution in [0.5, 0.6) is 0 Å². The molecule has 0 fully saturated rings. The van der Waals surface area contributed by atoms with Gasteiger partial charge in [-0.25, -0.2) is 9.82 Å². The standard InChI is InChI=1S/C24H21FN8O2/c1-15-7-8-19(13-16(15)2)28-23-29-22(27-18-9-11-20(12-10-18)33(34)35)30-24(31-23)32-26-14-17-5-3-4-6-21(17)25/h3-14H,1-2H3,(H3,27,28,29,30,31,32)/b26-14+. The molecule has 1 heterocycles. The zero-order chi connectivity index (χ0) is 24.8. The maximum atomic E-state index is 13.8. The van der Waals surface area contributed by atoms with Gasteiger partial charge in [-0.2, -0.15) is 20.1 Å². The minimum absolute atomic E-state index is 0.0341. The van der Waals surface area contributed by atoms with E-state index in [1.165, 1.54) is 24.4 Å². The van der Waals surface area contributed by atoms with Crippen LogP contribution in [0.4, 0.5) is 39.3 Å². The molecule has 4 aromatic rings. The number of anilines is 5. The predicted octanol–water partition coefficient (Wildman–Crippen LogP) is 5.47. The van der Waals surface area contributed by atoms with Gasteiger partial charge in [0.15, 0.2) is 0 Å². The lowest BCUT2D eigenvalue weighted by Crippen LogP contribution is -2.07. The molecule has 0 saturated carbocycles. The number of aromatic nitrogens is 3. The van der Waals surface area contributed by atoms with Gasteiger partial charge < -0.3 is 10.6 Å². The molecule has 0 aliphatic rings. The molecule has 10 nitrogen and oxygen atoms in total.